The highest BCUT2D eigenvalue weighted by molar-refractivity contribution is 5.86. The summed E-state index contributed by atoms with van der Waals surface area (Å²) in [6, 6.07) is 9.38. The molecule has 4 atom stereocenters. The lowest BCUT2D eigenvalue weighted by molar-refractivity contribution is -0.0511. The molecule has 1 saturated heterocycles. The van der Waals surface area contributed by atoms with Crippen LogP contribution in [0, 0.1) is 0 Å². The maximum atomic E-state index is 10.2. The van der Waals surface area contributed by atoms with Crippen molar-refractivity contribution in [3.63, 3.8) is 0 Å². The van der Waals surface area contributed by atoms with Gasteiger partial charge in [-0.3, -0.25) is 4.57 Å². The van der Waals surface area contributed by atoms with Crippen LogP contribution in [0.25, 0.3) is 11.2 Å². The number of ether oxygens (including phenoxy) is 1. The number of aliphatic hydroxyl groups excluding tert-OH is 3. The first-order valence-electron chi connectivity index (χ1n) is 8.03. The summed E-state index contributed by atoms with van der Waals surface area (Å²) in [5.41, 5.74) is 7.39. The Morgan fingerprint density at radius 2 is 1.92 bits per heavy atom. The Bertz CT molecular complexity index is 918. The molecule has 10 nitrogen and oxygen atoms in total. The Hall–Kier alpha value is -2.79. The van der Waals surface area contributed by atoms with Gasteiger partial charge in [-0.25, -0.2) is 4.98 Å². The molecule has 1 aliphatic heterocycles. The molecule has 0 radical (unpaired) electrons. The van der Waals surface area contributed by atoms with E-state index in [0.717, 1.165) is 5.69 Å². The summed E-state index contributed by atoms with van der Waals surface area (Å²) in [5, 5.41) is 32.6. The quantitative estimate of drug-likeness (QED) is 0.425. The van der Waals surface area contributed by atoms with Crippen LogP contribution in [0.1, 0.15) is 6.23 Å². The second-order valence-electron chi connectivity index (χ2n) is 5.97. The zero-order valence-corrected chi connectivity index (χ0v) is 13.6. The molecule has 0 aliphatic carbocycles. The number of aromatic nitrogens is 4. The van der Waals surface area contributed by atoms with Gasteiger partial charge >= 0.3 is 0 Å². The molecular formula is C16H18N6O4. The maximum absolute atomic E-state index is 10.2. The molecular weight excluding hydrogens is 340 g/mol. The third-order valence-electron chi connectivity index (χ3n) is 4.27. The Labute approximate surface area is 147 Å². The largest absolute Gasteiger partial charge is 0.394 e. The fourth-order valence-corrected chi connectivity index (χ4v) is 2.97. The number of nitrogen functional groups attached to an aromatic ring is 1. The molecule has 0 bridgehead atoms. The van der Waals surface area contributed by atoms with Crippen LogP contribution < -0.4 is 11.1 Å². The Kier molecular flexibility index (Phi) is 4.17. The third kappa shape index (κ3) is 2.74. The van der Waals surface area contributed by atoms with Gasteiger partial charge in [-0.15, -0.1) is 0 Å². The molecule has 6 N–H and O–H groups in total. The van der Waals surface area contributed by atoms with Crippen LogP contribution in [0.15, 0.2) is 36.7 Å². The number of benzene rings is 1. The van der Waals surface area contributed by atoms with Crippen LogP contribution in [-0.2, 0) is 4.74 Å². The smallest absolute Gasteiger partial charge is 0.224 e. The molecule has 4 rings (SSSR count). The Balaban J connectivity index is 1.75. The average Bonchev–Trinajstić information content (AvgIpc) is 3.17. The molecule has 136 valence electrons. The van der Waals surface area contributed by atoms with Gasteiger partial charge in [0.1, 0.15) is 18.3 Å². The van der Waals surface area contributed by atoms with Gasteiger partial charge in [0.2, 0.25) is 5.95 Å². The summed E-state index contributed by atoms with van der Waals surface area (Å²) in [7, 11) is 0. The van der Waals surface area contributed by atoms with Crippen molar-refractivity contribution in [2.45, 2.75) is 24.5 Å². The number of aliphatic hydroxyl groups is 3. The third-order valence-corrected chi connectivity index (χ3v) is 4.27. The maximum Gasteiger partial charge on any atom is 0.224 e. The van der Waals surface area contributed by atoms with E-state index in [1.165, 1.54) is 10.9 Å². The van der Waals surface area contributed by atoms with Crippen molar-refractivity contribution in [1.82, 2.24) is 19.5 Å². The van der Waals surface area contributed by atoms with Crippen LogP contribution in [0.4, 0.5) is 17.5 Å². The number of nitrogens with two attached hydrogens (primary N) is 1. The number of nitrogens with one attached hydrogen (secondary N) is 1. The van der Waals surface area contributed by atoms with E-state index in [9.17, 15) is 15.3 Å². The predicted molar refractivity (Wildman–Crippen MR) is 92.5 cm³/mol. The van der Waals surface area contributed by atoms with Gasteiger partial charge in [0.25, 0.3) is 0 Å². The minimum atomic E-state index is -1.24. The van der Waals surface area contributed by atoms with Crippen molar-refractivity contribution in [2.75, 3.05) is 17.7 Å². The van der Waals surface area contributed by atoms with E-state index in [2.05, 4.69) is 20.3 Å². The van der Waals surface area contributed by atoms with Gasteiger partial charge in [-0.2, -0.15) is 9.97 Å². The fourth-order valence-electron chi connectivity index (χ4n) is 2.97. The highest BCUT2D eigenvalue weighted by atomic mass is 16.6. The van der Waals surface area contributed by atoms with Crippen LogP contribution in [-0.4, -0.2) is 59.8 Å². The minimum absolute atomic E-state index is 0.0180. The monoisotopic (exact) mass is 358 g/mol. The van der Waals surface area contributed by atoms with Crippen molar-refractivity contribution in [3.05, 3.63) is 36.7 Å². The molecule has 0 amide bonds. The van der Waals surface area contributed by atoms with E-state index in [0.29, 0.717) is 17.0 Å². The second-order valence-corrected chi connectivity index (χ2v) is 5.97. The average molecular weight is 358 g/mol. The van der Waals surface area contributed by atoms with E-state index in [4.69, 9.17) is 10.5 Å². The molecule has 0 unspecified atom stereocenters. The molecule has 26 heavy (non-hydrogen) atoms. The summed E-state index contributed by atoms with van der Waals surface area (Å²) in [5.74, 6) is 0.425. The fraction of sp³-hybridized carbons (Fsp3) is 0.312. The molecule has 1 fully saturated rings. The topological polar surface area (TPSA) is 152 Å². The number of anilines is 3. The van der Waals surface area contributed by atoms with Gasteiger partial charge in [0.15, 0.2) is 23.2 Å². The summed E-state index contributed by atoms with van der Waals surface area (Å²) in [6.45, 7) is -0.417. The van der Waals surface area contributed by atoms with Gasteiger partial charge in [-0.05, 0) is 12.1 Å². The minimum Gasteiger partial charge on any atom is -0.394 e. The number of hydrogen-bond donors (Lipinski definition) is 5. The van der Waals surface area contributed by atoms with Crippen LogP contribution in [0.3, 0.4) is 0 Å². The summed E-state index contributed by atoms with van der Waals surface area (Å²) < 4.78 is 7.00. The molecule has 1 aliphatic rings. The van der Waals surface area contributed by atoms with Crippen molar-refractivity contribution >= 4 is 28.6 Å². The number of hydrogen-bond acceptors (Lipinski definition) is 9. The number of rotatable bonds is 4. The van der Waals surface area contributed by atoms with Gasteiger partial charge in [-0.1, -0.05) is 18.2 Å². The standard InChI is InChI=1S/C16H18N6O4/c17-16-20-13(19-8-4-2-1-3-5-8)10-14(21-16)22(7-18-10)15-12(25)11(24)9(6-23)26-15/h1-5,7,9,11-12,15,23-25H,6H2,(H3,17,19,20,21)/t9-,11+,12-,15+/m0/s1. The number of imidazole rings is 1. The van der Waals surface area contributed by atoms with Crippen molar-refractivity contribution in [1.29, 1.82) is 0 Å². The number of fused-ring (bicyclic) bond motifs is 1. The molecule has 1 aromatic carbocycles. The highest BCUT2D eigenvalue weighted by Crippen LogP contribution is 2.33. The van der Waals surface area contributed by atoms with E-state index < -0.39 is 31.1 Å². The van der Waals surface area contributed by atoms with Crippen LogP contribution in [0.5, 0.6) is 0 Å². The van der Waals surface area contributed by atoms with Crippen LogP contribution in [0.2, 0.25) is 0 Å². The second kappa shape index (κ2) is 6.50. The van der Waals surface area contributed by atoms with E-state index in [-0.39, 0.29) is 5.95 Å². The van der Waals surface area contributed by atoms with E-state index in [1.807, 2.05) is 30.3 Å². The lowest BCUT2D eigenvalue weighted by atomic mass is 10.1. The first-order chi connectivity index (χ1) is 12.6. The van der Waals surface area contributed by atoms with Gasteiger partial charge in [0.05, 0.1) is 12.9 Å². The number of para-hydroxylation sites is 1. The predicted octanol–water partition coefficient (Wildman–Crippen LogP) is -0.236. The molecule has 0 spiro atoms. The molecule has 2 aromatic heterocycles. The summed E-state index contributed by atoms with van der Waals surface area (Å²) in [4.78, 5) is 12.7. The zero-order valence-electron chi connectivity index (χ0n) is 13.6. The number of nitrogens with zero attached hydrogens (tertiary/aromatic N) is 4. The molecule has 3 aromatic rings. The first-order valence-corrected chi connectivity index (χ1v) is 8.03. The summed E-state index contributed by atoms with van der Waals surface area (Å²) >= 11 is 0. The SMILES string of the molecule is Nc1nc(Nc2ccccc2)c2ncn([C@@H]3O[C@@H](CO)[C@@H](O)[C@@H]3O)c2n1. The lowest BCUT2D eigenvalue weighted by Gasteiger charge is -2.16. The Morgan fingerprint density at radius 1 is 1.15 bits per heavy atom. The molecule has 0 saturated carbocycles. The first kappa shape index (κ1) is 16.7. The van der Waals surface area contributed by atoms with Crippen molar-refractivity contribution in [2.24, 2.45) is 0 Å². The molecule has 10 heteroatoms. The molecule has 3 heterocycles. The summed E-state index contributed by atoms with van der Waals surface area (Å²) in [6.07, 6.45) is -2.88. The van der Waals surface area contributed by atoms with E-state index >= 15 is 0 Å². The lowest BCUT2D eigenvalue weighted by Crippen LogP contribution is -2.33. The van der Waals surface area contributed by atoms with Crippen molar-refractivity contribution in [3.8, 4) is 0 Å². The Morgan fingerprint density at radius 3 is 2.62 bits per heavy atom. The normalized spacial score (nSPS) is 25.7. The van der Waals surface area contributed by atoms with Crippen LogP contribution >= 0.6 is 0 Å². The zero-order chi connectivity index (χ0) is 18.3. The van der Waals surface area contributed by atoms with Gasteiger partial charge in [0, 0.05) is 5.69 Å². The van der Waals surface area contributed by atoms with E-state index in [1.54, 1.807) is 0 Å². The van der Waals surface area contributed by atoms with Crippen molar-refractivity contribution < 1.29 is 20.1 Å². The highest BCUT2D eigenvalue weighted by Gasteiger charge is 2.44. The van der Waals surface area contributed by atoms with Gasteiger partial charge < -0.3 is 31.1 Å².